The van der Waals surface area contributed by atoms with E-state index in [1.807, 2.05) is 6.07 Å². The van der Waals surface area contributed by atoms with Crippen LogP contribution in [0.3, 0.4) is 0 Å². The average molecular weight is 194 g/mol. The van der Waals surface area contributed by atoms with E-state index in [-0.39, 0.29) is 24.7 Å². The molecule has 0 aromatic rings. The normalized spacial score (nSPS) is 15.1. The van der Waals surface area contributed by atoms with E-state index in [1.165, 1.54) is 0 Å². The zero-order valence-corrected chi connectivity index (χ0v) is 7.54. The maximum Gasteiger partial charge on any atom is 0.267 e. The summed E-state index contributed by atoms with van der Waals surface area (Å²) < 4.78 is 0. The fraction of sp³-hybridized carbons (Fsp3) is 0.500. The molecule has 2 amide bonds. The van der Waals surface area contributed by atoms with E-state index in [0.717, 1.165) is 0 Å². The molecule has 6 nitrogen and oxygen atoms in total. The highest BCUT2D eigenvalue weighted by molar-refractivity contribution is 6.39. The van der Waals surface area contributed by atoms with E-state index in [2.05, 4.69) is 15.8 Å². The van der Waals surface area contributed by atoms with Crippen molar-refractivity contribution in [1.29, 1.82) is 5.26 Å². The Morgan fingerprint density at radius 1 is 1.64 bits per heavy atom. The number of carbonyl (C=O) groups excluding carboxylic acids is 2. The second-order valence-electron chi connectivity index (χ2n) is 2.76. The second kappa shape index (κ2) is 4.97. The molecule has 0 spiro atoms. The summed E-state index contributed by atoms with van der Waals surface area (Å²) in [4.78, 5) is 22.0. The first-order valence-electron chi connectivity index (χ1n) is 4.24. The van der Waals surface area contributed by atoms with Gasteiger partial charge in [0.25, 0.3) is 5.91 Å². The molecule has 2 N–H and O–H groups in total. The number of hydrogen-bond acceptors (Lipinski definition) is 4. The van der Waals surface area contributed by atoms with Crippen LogP contribution in [0.4, 0.5) is 0 Å². The van der Waals surface area contributed by atoms with Crippen molar-refractivity contribution in [2.75, 3.05) is 6.54 Å². The van der Waals surface area contributed by atoms with Gasteiger partial charge in [0.05, 0.1) is 12.5 Å². The summed E-state index contributed by atoms with van der Waals surface area (Å²) in [6.45, 7) is 0.308. The van der Waals surface area contributed by atoms with Gasteiger partial charge in [-0.15, -0.1) is 0 Å². The van der Waals surface area contributed by atoms with Gasteiger partial charge in [0.1, 0.15) is 5.71 Å². The highest BCUT2D eigenvalue weighted by atomic mass is 16.2. The molecule has 6 heteroatoms. The Morgan fingerprint density at radius 3 is 3.00 bits per heavy atom. The second-order valence-corrected chi connectivity index (χ2v) is 2.76. The van der Waals surface area contributed by atoms with Crippen LogP contribution in [0.1, 0.15) is 19.3 Å². The largest absolute Gasteiger partial charge is 0.350 e. The quantitative estimate of drug-likeness (QED) is 0.580. The molecule has 0 aromatic heterocycles. The Balaban J connectivity index is 2.38. The zero-order valence-electron chi connectivity index (χ0n) is 7.54. The van der Waals surface area contributed by atoms with Crippen molar-refractivity contribution >= 4 is 17.5 Å². The highest BCUT2D eigenvalue weighted by Crippen LogP contribution is 1.99. The van der Waals surface area contributed by atoms with Crippen molar-refractivity contribution in [3.8, 4) is 6.07 Å². The summed E-state index contributed by atoms with van der Waals surface area (Å²) in [5.41, 5.74) is 2.53. The molecule has 0 fully saturated rings. The molecule has 1 aliphatic heterocycles. The molecule has 0 aromatic carbocycles. The highest BCUT2D eigenvalue weighted by Gasteiger charge is 2.17. The van der Waals surface area contributed by atoms with E-state index in [1.54, 1.807) is 0 Å². The third-order valence-corrected chi connectivity index (χ3v) is 1.69. The van der Waals surface area contributed by atoms with Gasteiger partial charge in [-0.2, -0.15) is 10.4 Å². The number of amides is 2. The minimum atomic E-state index is -0.319. The fourth-order valence-corrected chi connectivity index (χ4v) is 0.972. The predicted octanol–water partition coefficient (Wildman–Crippen LogP) is -0.718. The number of hydrogen-bond donors (Lipinski definition) is 2. The molecular formula is C8H10N4O2. The lowest BCUT2D eigenvalue weighted by Gasteiger charge is -2.10. The standard InChI is InChI=1S/C8H10N4O2/c9-4-1-5-10-8(14)6-2-3-7(13)12-11-6/h1-3,5H2,(H,10,14)(H,12,13). The minimum absolute atomic E-state index is 0.182. The van der Waals surface area contributed by atoms with Crippen LogP contribution in [0.2, 0.25) is 0 Å². The van der Waals surface area contributed by atoms with E-state index >= 15 is 0 Å². The number of nitrogens with one attached hydrogen (secondary N) is 2. The van der Waals surface area contributed by atoms with Crippen molar-refractivity contribution in [3.05, 3.63) is 0 Å². The monoisotopic (exact) mass is 194 g/mol. The van der Waals surface area contributed by atoms with Crippen molar-refractivity contribution < 1.29 is 9.59 Å². The van der Waals surface area contributed by atoms with Crippen LogP contribution in [-0.4, -0.2) is 24.1 Å². The van der Waals surface area contributed by atoms with Crippen LogP contribution >= 0.6 is 0 Å². The molecule has 0 saturated carbocycles. The Bertz CT molecular complexity index is 316. The molecule has 74 valence electrons. The van der Waals surface area contributed by atoms with Gasteiger partial charge in [0.15, 0.2) is 0 Å². The van der Waals surface area contributed by atoms with Crippen LogP contribution in [0.5, 0.6) is 0 Å². The molecule has 1 heterocycles. The first kappa shape index (κ1) is 10.2. The smallest absolute Gasteiger partial charge is 0.267 e. The number of nitriles is 1. The molecule has 0 atom stereocenters. The van der Waals surface area contributed by atoms with E-state index < -0.39 is 0 Å². The third kappa shape index (κ3) is 2.86. The summed E-state index contributed by atoms with van der Waals surface area (Å²) in [5.74, 6) is -0.501. The van der Waals surface area contributed by atoms with Gasteiger partial charge in [0.2, 0.25) is 5.91 Å². The molecule has 0 saturated heterocycles. The lowest BCUT2D eigenvalue weighted by molar-refractivity contribution is -0.121. The van der Waals surface area contributed by atoms with Crippen molar-refractivity contribution in [1.82, 2.24) is 10.7 Å². The van der Waals surface area contributed by atoms with Crippen LogP contribution in [0.25, 0.3) is 0 Å². The lowest BCUT2D eigenvalue weighted by atomic mass is 10.1. The van der Waals surface area contributed by atoms with E-state index in [0.29, 0.717) is 18.7 Å². The van der Waals surface area contributed by atoms with Gasteiger partial charge in [-0.1, -0.05) is 0 Å². The van der Waals surface area contributed by atoms with E-state index in [9.17, 15) is 9.59 Å². The molecule has 0 aliphatic carbocycles. The van der Waals surface area contributed by atoms with Gasteiger partial charge in [-0.25, -0.2) is 5.43 Å². The van der Waals surface area contributed by atoms with Crippen molar-refractivity contribution in [2.45, 2.75) is 19.3 Å². The van der Waals surface area contributed by atoms with Gasteiger partial charge >= 0.3 is 0 Å². The Labute approximate surface area is 81.0 Å². The zero-order chi connectivity index (χ0) is 10.4. The van der Waals surface area contributed by atoms with Gasteiger partial charge in [-0.3, -0.25) is 9.59 Å². The summed E-state index contributed by atoms with van der Waals surface area (Å²) in [6.07, 6.45) is 0.903. The summed E-state index contributed by atoms with van der Waals surface area (Å²) in [7, 11) is 0. The molecule has 1 rings (SSSR count). The molecule has 0 bridgehead atoms. The summed E-state index contributed by atoms with van der Waals surface area (Å²) >= 11 is 0. The summed E-state index contributed by atoms with van der Waals surface area (Å²) in [6, 6.07) is 1.91. The lowest BCUT2D eigenvalue weighted by Crippen LogP contribution is -2.37. The van der Waals surface area contributed by atoms with Gasteiger partial charge < -0.3 is 5.32 Å². The molecular weight excluding hydrogens is 184 g/mol. The van der Waals surface area contributed by atoms with Gasteiger partial charge in [-0.05, 0) is 0 Å². The maximum absolute atomic E-state index is 11.3. The molecule has 1 aliphatic rings. The molecule has 14 heavy (non-hydrogen) atoms. The number of carbonyl (C=O) groups is 2. The predicted molar refractivity (Wildman–Crippen MR) is 48.1 cm³/mol. The van der Waals surface area contributed by atoms with Crippen LogP contribution < -0.4 is 10.7 Å². The first-order chi connectivity index (χ1) is 6.74. The van der Waals surface area contributed by atoms with Crippen LogP contribution in [0, 0.1) is 11.3 Å². The van der Waals surface area contributed by atoms with Gasteiger partial charge in [0, 0.05) is 19.4 Å². The summed E-state index contributed by atoms with van der Waals surface area (Å²) in [5, 5.41) is 14.4. The van der Waals surface area contributed by atoms with Crippen molar-refractivity contribution in [2.24, 2.45) is 5.10 Å². The number of nitrogens with zero attached hydrogens (tertiary/aromatic N) is 2. The number of hydrazone groups is 1. The third-order valence-electron chi connectivity index (χ3n) is 1.69. The number of rotatable bonds is 3. The Kier molecular flexibility index (Phi) is 3.61. The molecule has 0 unspecified atom stereocenters. The maximum atomic E-state index is 11.3. The van der Waals surface area contributed by atoms with Crippen LogP contribution in [-0.2, 0) is 9.59 Å². The first-order valence-corrected chi connectivity index (χ1v) is 4.24. The fourth-order valence-electron chi connectivity index (χ4n) is 0.972. The SMILES string of the molecule is N#CCCNC(=O)C1=NNC(=O)CC1. The molecule has 0 radical (unpaired) electrons. The average Bonchev–Trinajstić information content (AvgIpc) is 2.19. The van der Waals surface area contributed by atoms with Crippen LogP contribution in [0.15, 0.2) is 5.10 Å². The van der Waals surface area contributed by atoms with Crippen molar-refractivity contribution in [3.63, 3.8) is 0 Å². The minimum Gasteiger partial charge on any atom is -0.350 e. The van der Waals surface area contributed by atoms with E-state index in [4.69, 9.17) is 5.26 Å². The topological polar surface area (TPSA) is 94.3 Å². The Hall–Kier alpha value is -1.90. The Morgan fingerprint density at radius 2 is 2.43 bits per heavy atom.